The molecule has 0 spiro atoms. The number of pyridine rings is 1. The van der Waals surface area contributed by atoms with Gasteiger partial charge in [0.25, 0.3) is 10.0 Å². The fourth-order valence-corrected chi connectivity index (χ4v) is 3.32. The predicted molar refractivity (Wildman–Crippen MR) is 84.8 cm³/mol. The Morgan fingerprint density at radius 3 is 2.24 bits per heavy atom. The molecule has 0 atom stereocenters. The molecular formula is C15H19N3O2S. The van der Waals surface area contributed by atoms with Gasteiger partial charge in [-0.15, -0.1) is 0 Å². The van der Waals surface area contributed by atoms with Gasteiger partial charge in [-0.1, -0.05) is 0 Å². The zero-order valence-electron chi connectivity index (χ0n) is 12.6. The first-order chi connectivity index (χ1) is 9.69. The highest BCUT2D eigenvalue weighted by Gasteiger charge is 2.19. The Morgan fingerprint density at radius 1 is 1.00 bits per heavy atom. The zero-order valence-corrected chi connectivity index (χ0v) is 13.4. The van der Waals surface area contributed by atoms with Gasteiger partial charge in [0.05, 0.1) is 5.69 Å². The minimum atomic E-state index is -3.75. The Kier molecular flexibility index (Phi) is 3.91. The van der Waals surface area contributed by atoms with E-state index in [0.717, 1.165) is 22.4 Å². The molecule has 5 nitrogen and oxygen atoms in total. The van der Waals surface area contributed by atoms with Crippen molar-refractivity contribution in [1.29, 1.82) is 0 Å². The van der Waals surface area contributed by atoms with Gasteiger partial charge in [-0.25, -0.2) is 13.4 Å². The van der Waals surface area contributed by atoms with E-state index in [9.17, 15) is 8.42 Å². The lowest BCUT2D eigenvalue weighted by Crippen LogP contribution is -2.16. The van der Waals surface area contributed by atoms with Crippen molar-refractivity contribution in [3.8, 4) is 0 Å². The van der Waals surface area contributed by atoms with E-state index in [1.165, 1.54) is 0 Å². The summed E-state index contributed by atoms with van der Waals surface area (Å²) in [6.45, 7) is 7.44. The third kappa shape index (κ3) is 3.33. The monoisotopic (exact) mass is 305 g/mol. The molecule has 3 N–H and O–H groups in total. The molecule has 0 amide bonds. The molecular weight excluding hydrogens is 286 g/mol. The number of nitrogen functional groups attached to an aromatic ring is 1. The molecule has 1 aromatic heterocycles. The molecule has 6 heteroatoms. The lowest BCUT2D eigenvalue weighted by atomic mass is 10.1. The molecule has 0 radical (unpaired) electrons. The maximum Gasteiger partial charge on any atom is 0.265 e. The van der Waals surface area contributed by atoms with Crippen molar-refractivity contribution in [2.75, 3.05) is 10.5 Å². The van der Waals surface area contributed by atoms with Crippen LogP contribution in [-0.4, -0.2) is 13.4 Å². The summed E-state index contributed by atoms with van der Waals surface area (Å²) in [6.07, 6.45) is 0. The molecule has 0 aliphatic rings. The molecule has 0 bridgehead atoms. The summed E-state index contributed by atoms with van der Waals surface area (Å²) >= 11 is 0. The van der Waals surface area contributed by atoms with E-state index in [-0.39, 0.29) is 10.6 Å². The van der Waals surface area contributed by atoms with Crippen LogP contribution in [0.15, 0.2) is 29.2 Å². The fourth-order valence-electron chi connectivity index (χ4n) is 2.13. The average Bonchev–Trinajstić information content (AvgIpc) is 2.31. The summed E-state index contributed by atoms with van der Waals surface area (Å²) in [7, 11) is -3.75. The van der Waals surface area contributed by atoms with Gasteiger partial charge < -0.3 is 5.73 Å². The van der Waals surface area contributed by atoms with Crippen LogP contribution >= 0.6 is 0 Å². The van der Waals surface area contributed by atoms with Crippen molar-refractivity contribution in [3.63, 3.8) is 0 Å². The SMILES string of the molecule is Cc1cc(C)nc(NS(=O)(=O)c2cc(C)c(C)cc2N)c1. The summed E-state index contributed by atoms with van der Waals surface area (Å²) in [6, 6.07) is 6.80. The highest BCUT2D eigenvalue weighted by molar-refractivity contribution is 7.92. The molecule has 0 aliphatic carbocycles. The van der Waals surface area contributed by atoms with Crippen molar-refractivity contribution in [2.45, 2.75) is 32.6 Å². The number of anilines is 2. The second-order valence-corrected chi connectivity index (χ2v) is 6.90. The van der Waals surface area contributed by atoms with Crippen molar-refractivity contribution >= 4 is 21.5 Å². The van der Waals surface area contributed by atoms with Crippen LogP contribution in [0.2, 0.25) is 0 Å². The molecule has 1 heterocycles. The van der Waals surface area contributed by atoms with Crippen molar-refractivity contribution < 1.29 is 8.42 Å². The predicted octanol–water partition coefficient (Wildman–Crippen LogP) is 2.70. The summed E-state index contributed by atoms with van der Waals surface area (Å²) in [5, 5.41) is 0. The molecule has 0 aliphatic heterocycles. The molecule has 0 saturated carbocycles. The third-order valence-electron chi connectivity index (χ3n) is 3.25. The number of hydrogen-bond acceptors (Lipinski definition) is 4. The van der Waals surface area contributed by atoms with E-state index in [4.69, 9.17) is 5.73 Å². The molecule has 2 rings (SSSR count). The quantitative estimate of drug-likeness (QED) is 0.854. The van der Waals surface area contributed by atoms with Crippen LogP contribution in [0.4, 0.5) is 11.5 Å². The number of nitrogens with two attached hydrogens (primary N) is 1. The number of nitrogens with zero attached hydrogens (tertiary/aromatic N) is 1. The number of nitrogens with one attached hydrogen (secondary N) is 1. The number of benzene rings is 1. The topological polar surface area (TPSA) is 85.1 Å². The van der Waals surface area contributed by atoms with Gasteiger partial charge in [-0.3, -0.25) is 4.72 Å². The van der Waals surface area contributed by atoms with Gasteiger partial charge in [-0.2, -0.15) is 0 Å². The average molecular weight is 305 g/mol. The Labute approximate surface area is 125 Å². The standard InChI is InChI=1S/C15H19N3O2S/c1-9-5-12(4)17-15(6-9)18-21(19,20)14-8-11(3)10(2)7-13(14)16/h5-8H,16H2,1-4H3,(H,17,18). The van der Waals surface area contributed by atoms with Crippen LogP contribution in [0.1, 0.15) is 22.4 Å². The first-order valence-corrected chi connectivity index (χ1v) is 8.02. The summed E-state index contributed by atoms with van der Waals surface area (Å²) < 4.78 is 27.4. The number of rotatable bonds is 3. The molecule has 0 unspecified atom stereocenters. The second-order valence-electron chi connectivity index (χ2n) is 5.25. The Morgan fingerprint density at radius 2 is 1.62 bits per heavy atom. The van der Waals surface area contributed by atoms with Crippen LogP contribution in [0, 0.1) is 27.7 Å². The molecule has 1 aromatic carbocycles. The molecule has 2 aromatic rings. The van der Waals surface area contributed by atoms with E-state index < -0.39 is 10.0 Å². The van der Waals surface area contributed by atoms with E-state index in [1.54, 1.807) is 18.2 Å². The zero-order chi connectivity index (χ0) is 15.8. The lowest BCUT2D eigenvalue weighted by Gasteiger charge is -2.12. The van der Waals surface area contributed by atoms with Gasteiger partial charge >= 0.3 is 0 Å². The first kappa shape index (κ1) is 15.3. The van der Waals surface area contributed by atoms with Crippen LogP contribution < -0.4 is 10.5 Å². The number of aromatic nitrogens is 1. The van der Waals surface area contributed by atoms with E-state index >= 15 is 0 Å². The number of hydrogen-bond donors (Lipinski definition) is 2. The Balaban J connectivity index is 2.45. The highest BCUT2D eigenvalue weighted by atomic mass is 32.2. The summed E-state index contributed by atoms with van der Waals surface area (Å²) in [5.41, 5.74) is 9.60. The van der Waals surface area contributed by atoms with Gasteiger partial charge in [0.1, 0.15) is 10.7 Å². The minimum absolute atomic E-state index is 0.0755. The van der Waals surface area contributed by atoms with Crippen LogP contribution in [0.5, 0.6) is 0 Å². The smallest absolute Gasteiger partial charge is 0.265 e. The van der Waals surface area contributed by atoms with Crippen LogP contribution in [0.3, 0.4) is 0 Å². The molecule has 112 valence electrons. The van der Waals surface area contributed by atoms with E-state index in [2.05, 4.69) is 9.71 Å². The lowest BCUT2D eigenvalue weighted by molar-refractivity contribution is 0.601. The van der Waals surface area contributed by atoms with Crippen molar-refractivity contribution in [1.82, 2.24) is 4.98 Å². The molecule has 0 fully saturated rings. The molecule has 0 saturated heterocycles. The maximum atomic E-state index is 12.5. The van der Waals surface area contributed by atoms with Crippen molar-refractivity contribution in [2.24, 2.45) is 0 Å². The Hall–Kier alpha value is -2.08. The van der Waals surface area contributed by atoms with Crippen LogP contribution in [0.25, 0.3) is 0 Å². The number of aryl methyl sites for hydroxylation is 4. The van der Waals surface area contributed by atoms with Gasteiger partial charge in [-0.05, 0) is 68.7 Å². The fraction of sp³-hybridized carbons (Fsp3) is 0.267. The van der Waals surface area contributed by atoms with Crippen molar-refractivity contribution in [3.05, 3.63) is 46.6 Å². The largest absolute Gasteiger partial charge is 0.398 e. The summed E-state index contributed by atoms with van der Waals surface area (Å²) in [4.78, 5) is 4.26. The van der Waals surface area contributed by atoms with E-state index in [1.807, 2.05) is 33.8 Å². The third-order valence-corrected chi connectivity index (χ3v) is 4.66. The Bertz CT molecular complexity index is 779. The normalized spacial score (nSPS) is 11.4. The highest BCUT2D eigenvalue weighted by Crippen LogP contribution is 2.24. The van der Waals surface area contributed by atoms with Crippen LogP contribution in [-0.2, 0) is 10.0 Å². The molecule has 21 heavy (non-hydrogen) atoms. The minimum Gasteiger partial charge on any atom is -0.398 e. The number of sulfonamides is 1. The summed E-state index contributed by atoms with van der Waals surface area (Å²) in [5.74, 6) is 0.296. The van der Waals surface area contributed by atoms with Gasteiger partial charge in [0, 0.05) is 5.69 Å². The van der Waals surface area contributed by atoms with Gasteiger partial charge in [0.15, 0.2) is 0 Å². The first-order valence-electron chi connectivity index (χ1n) is 6.54. The second kappa shape index (κ2) is 5.37. The van der Waals surface area contributed by atoms with Gasteiger partial charge in [0.2, 0.25) is 0 Å². The van der Waals surface area contributed by atoms with E-state index in [0.29, 0.717) is 5.82 Å². The maximum absolute atomic E-state index is 12.5.